The van der Waals surface area contributed by atoms with Crippen molar-refractivity contribution in [1.82, 2.24) is 4.90 Å². The van der Waals surface area contributed by atoms with Gasteiger partial charge in [0.2, 0.25) is 0 Å². The molecule has 0 saturated carbocycles. The van der Waals surface area contributed by atoms with Crippen molar-refractivity contribution in [3.05, 3.63) is 45.5 Å². The Labute approximate surface area is 223 Å². The van der Waals surface area contributed by atoms with Crippen molar-refractivity contribution in [3.8, 4) is 5.75 Å². The van der Waals surface area contributed by atoms with E-state index in [4.69, 9.17) is 9.47 Å². The van der Waals surface area contributed by atoms with Gasteiger partial charge in [-0.25, -0.2) is 0 Å². The number of para-hydroxylation sites is 2. The number of anilines is 1. The third kappa shape index (κ3) is 4.56. The van der Waals surface area contributed by atoms with E-state index in [1.807, 2.05) is 45.0 Å². The molecule has 202 valence electrons. The first-order valence-electron chi connectivity index (χ1n) is 13.3. The maximum absolute atomic E-state index is 14.7. The van der Waals surface area contributed by atoms with E-state index >= 15 is 0 Å². The van der Waals surface area contributed by atoms with Gasteiger partial charge in [0.15, 0.2) is 11.6 Å². The SMILES string of the molecule is COc1ccccc1N1CCN(CCC2[N+](=O)C3=CC4(CS3)C(OC(=O)C(C)(C)C)CCC[N+]24[O-])CC1. The summed E-state index contributed by atoms with van der Waals surface area (Å²) in [5.74, 6) is 1.07. The average molecular weight is 532 g/mol. The van der Waals surface area contributed by atoms with Crippen LogP contribution in [0.4, 0.5) is 5.69 Å². The highest BCUT2D eigenvalue weighted by atomic mass is 32.2. The zero-order valence-corrected chi connectivity index (χ0v) is 23.2. The van der Waals surface area contributed by atoms with Gasteiger partial charge in [-0.3, -0.25) is 14.3 Å². The molecule has 4 aliphatic rings. The molecule has 10 heteroatoms. The highest BCUT2D eigenvalue weighted by Gasteiger charge is 2.69. The van der Waals surface area contributed by atoms with Crippen molar-refractivity contribution in [3.63, 3.8) is 0 Å². The Hall–Kier alpha value is -2.14. The smallest absolute Gasteiger partial charge is 0.335 e. The molecule has 1 spiro atoms. The Bertz CT molecular complexity index is 1080. The lowest BCUT2D eigenvalue weighted by molar-refractivity contribution is -1.03. The molecule has 4 atom stereocenters. The highest BCUT2D eigenvalue weighted by Crippen LogP contribution is 2.53. The number of quaternary nitrogens is 1. The third-order valence-electron chi connectivity index (χ3n) is 8.38. The molecule has 0 aromatic heterocycles. The van der Waals surface area contributed by atoms with E-state index in [1.54, 1.807) is 7.11 Å². The first-order valence-corrected chi connectivity index (χ1v) is 14.3. The number of hydrogen-bond donors (Lipinski definition) is 0. The normalized spacial score (nSPS) is 32.1. The van der Waals surface area contributed by atoms with Crippen LogP contribution in [0.5, 0.6) is 5.75 Å². The predicted molar refractivity (Wildman–Crippen MR) is 144 cm³/mol. The van der Waals surface area contributed by atoms with Crippen molar-refractivity contribution in [1.29, 1.82) is 0 Å². The van der Waals surface area contributed by atoms with Gasteiger partial charge in [-0.2, -0.15) is 0 Å². The molecule has 4 unspecified atom stereocenters. The van der Waals surface area contributed by atoms with Gasteiger partial charge in [-0.05, 0) is 51.1 Å². The number of nitrogens with zero attached hydrogens (tertiary/aromatic N) is 4. The number of rotatable bonds is 6. The van der Waals surface area contributed by atoms with Crippen LogP contribution in [0, 0.1) is 15.5 Å². The lowest BCUT2D eigenvalue weighted by atomic mass is 9.81. The Morgan fingerprint density at radius 1 is 1.24 bits per heavy atom. The number of hydroxylamine groups is 3. The molecule has 5 rings (SSSR count). The minimum absolute atomic E-state index is 0.291. The van der Waals surface area contributed by atoms with Crippen LogP contribution in [0.3, 0.4) is 0 Å². The topological polar surface area (TPSA) is 85.1 Å². The average Bonchev–Trinajstić information content (AvgIpc) is 3.30. The number of ether oxygens (including phenoxy) is 2. The van der Waals surface area contributed by atoms with Gasteiger partial charge in [-0.15, -0.1) is 0 Å². The number of benzene rings is 1. The number of hydrogen-bond acceptors (Lipinski definition) is 8. The quantitative estimate of drug-likeness (QED) is 0.238. The zero-order valence-electron chi connectivity index (χ0n) is 22.4. The Kier molecular flexibility index (Phi) is 7.06. The standard InChI is InChI=1S/C27H39N4O5S/c1-26(2,3)25(32)36-22-10-7-17-31(34)23(30(33)24-18-27(22,31)19-37-24)11-12-28-13-15-29(16-14-28)20-8-5-6-9-21(20)35-4/h5-6,8-9,18,22-23H,7,10-17,19H2,1-4H3/q+1. The minimum atomic E-state index is -0.882. The lowest BCUT2D eigenvalue weighted by Gasteiger charge is -2.59. The molecule has 2 fully saturated rings. The van der Waals surface area contributed by atoms with Crippen LogP contribution in [0.25, 0.3) is 0 Å². The Morgan fingerprint density at radius 2 is 1.97 bits per heavy atom. The van der Waals surface area contributed by atoms with Crippen LogP contribution in [0.1, 0.15) is 40.0 Å². The highest BCUT2D eigenvalue weighted by molar-refractivity contribution is 8.03. The summed E-state index contributed by atoms with van der Waals surface area (Å²) < 4.78 is 11.9. The number of esters is 1. The zero-order chi connectivity index (χ0) is 26.4. The molecule has 4 heterocycles. The fourth-order valence-electron chi connectivity index (χ4n) is 6.17. The number of thioether (sulfide) groups is 1. The summed E-state index contributed by atoms with van der Waals surface area (Å²) in [6.45, 7) is 9.99. The van der Waals surface area contributed by atoms with Gasteiger partial charge in [0.25, 0.3) is 5.03 Å². The Morgan fingerprint density at radius 3 is 2.68 bits per heavy atom. The maximum atomic E-state index is 14.7. The molecule has 0 aliphatic carbocycles. The van der Waals surface area contributed by atoms with Crippen LogP contribution in [-0.2, 0) is 9.53 Å². The molecule has 4 aliphatic heterocycles. The van der Waals surface area contributed by atoms with E-state index in [2.05, 4.69) is 15.9 Å². The first kappa shape index (κ1) is 26.5. The van der Waals surface area contributed by atoms with Crippen molar-refractivity contribution in [2.24, 2.45) is 5.41 Å². The van der Waals surface area contributed by atoms with Crippen molar-refractivity contribution in [2.75, 3.05) is 57.0 Å². The number of carbonyl (C=O) groups excluding carboxylic acids is 1. The van der Waals surface area contributed by atoms with Gasteiger partial charge in [0.05, 0.1) is 47.8 Å². The monoisotopic (exact) mass is 531 g/mol. The van der Waals surface area contributed by atoms with Crippen LogP contribution in [0.2, 0.25) is 0 Å². The van der Waals surface area contributed by atoms with E-state index in [0.29, 0.717) is 43.1 Å². The van der Waals surface area contributed by atoms with E-state index < -0.39 is 27.9 Å². The van der Waals surface area contributed by atoms with E-state index in [-0.39, 0.29) is 5.97 Å². The molecule has 2 saturated heterocycles. The molecule has 0 amide bonds. The third-order valence-corrected chi connectivity index (χ3v) is 9.58. The maximum Gasteiger partial charge on any atom is 0.335 e. The Balaban J connectivity index is 1.28. The van der Waals surface area contributed by atoms with Crippen LogP contribution >= 0.6 is 11.8 Å². The molecular formula is C27H39N4O5S+. The molecule has 37 heavy (non-hydrogen) atoms. The fraction of sp³-hybridized carbons (Fsp3) is 0.667. The van der Waals surface area contributed by atoms with Gasteiger partial charge in [0, 0.05) is 44.1 Å². The van der Waals surface area contributed by atoms with Gasteiger partial charge in [-0.1, -0.05) is 12.1 Å². The van der Waals surface area contributed by atoms with Crippen molar-refractivity contribution < 1.29 is 23.7 Å². The number of piperidine rings is 1. The summed E-state index contributed by atoms with van der Waals surface area (Å²) >= 11 is 1.44. The first-order chi connectivity index (χ1) is 17.6. The van der Waals surface area contributed by atoms with Gasteiger partial charge < -0.3 is 19.6 Å². The number of nitroso groups, excluding NO2 is 1. The lowest BCUT2D eigenvalue weighted by Crippen LogP contribution is -2.75. The molecule has 1 aromatic carbocycles. The van der Waals surface area contributed by atoms with Gasteiger partial charge >= 0.3 is 12.1 Å². The van der Waals surface area contributed by atoms with E-state index in [9.17, 15) is 14.9 Å². The van der Waals surface area contributed by atoms with E-state index in [0.717, 1.165) is 42.4 Å². The molecule has 0 N–H and O–H groups in total. The predicted octanol–water partition coefficient (Wildman–Crippen LogP) is 3.72. The molecule has 0 radical (unpaired) electrons. The van der Waals surface area contributed by atoms with Crippen molar-refractivity contribution in [2.45, 2.75) is 57.8 Å². The molecule has 9 nitrogen and oxygen atoms in total. The second-order valence-electron chi connectivity index (χ2n) is 11.7. The molecular weight excluding hydrogens is 492 g/mol. The minimum Gasteiger partial charge on any atom is -0.627 e. The summed E-state index contributed by atoms with van der Waals surface area (Å²) in [4.78, 5) is 30.8. The second-order valence-corrected chi connectivity index (χ2v) is 12.7. The van der Waals surface area contributed by atoms with Gasteiger partial charge in [0.1, 0.15) is 5.75 Å². The van der Waals surface area contributed by atoms with Crippen molar-refractivity contribution >= 4 is 23.4 Å². The number of piperazine rings is 1. The fourth-order valence-corrected chi connectivity index (χ4v) is 7.57. The largest absolute Gasteiger partial charge is 0.627 e. The second kappa shape index (κ2) is 9.87. The summed E-state index contributed by atoms with van der Waals surface area (Å²) in [5, 5.41) is 15.3. The summed E-state index contributed by atoms with van der Waals surface area (Å²) in [6, 6.07) is 8.06. The number of methoxy groups -OCH3 is 1. The van der Waals surface area contributed by atoms with Crippen LogP contribution in [-0.4, -0.2) is 90.2 Å². The molecule has 2 bridgehead atoms. The molecule has 1 aromatic rings. The van der Waals surface area contributed by atoms with E-state index in [1.165, 1.54) is 11.8 Å². The van der Waals surface area contributed by atoms with Crippen LogP contribution in [0.15, 0.2) is 35.4 Å². The number of carbonyl (C=O) groups is 1. The summed E-state index contributed by atoms with van der Waals surface area (Å²) in [6.07, 6.45) is 2.39. The van der Waals surface area contributed by atoms with Crippen LogP contribution < -0.4 is 9.64 Å². The summed E-state index contributed by atoms with van der Waals surface area (Å²) in [7, 11) is 1.69. The summed E-state index contributed by atoms with van der Waals surface area (Å²) in [5.41, 5.74) is -0.429.